The first-order valence-corrected chi connectivity index (χ1v) is 7.72. The predicted molar refractivity (Wildman–Crippen MR) is 90.4 cm³/mol. The van der Waals surface area contributed by atoms with E-state index in [-0.39, 0.29) is 11.7 Å². The molecule has 116 valence electrons. The van der Waals surface area contributed by atoms with Crippen molar-refractivity contribution in [3.8, 4) is 5.69 Å². The molecule has 0 aliphatic rings. The zero-order chi connectivity index (χ0) is 16.4. The summed E-state index contributed by atoms with van der Waals surface area (Å²) >= 11 is 3.34. The van der Waals surface area contributed by atoms with E-state index in [4.69, 9.17) is 0 Å². The Labute approximate surface area is 141 Å². The number of carbonyl (C=O) groups is 1. The molecule has 23 heavy (non-hydrogen) atoms. The van der Waals surface area contributed by atoms with Gasteiger partial charge in [-0.05, 0) is 55.5 Å². The number of nitrogens with zero attached hydrogens (tertiary/aromatic N) is 2. The van der Waals surface area contributed by atoms with E-state index in [0.717, 1.165) is 10.2 Å². The largest absolute Gasteiger partial charge is 0.306 e. The van der Waals surface area contributed by atoms with E-state index in [1.165, 1.54) is 12.1 Å². The average molecular weight is 374 g/mol. The number of amides is 1. The van der Waals surface area contributed by atoms with Gasteiger partial charge in [0, 0.05) is 16.1 Å². The summed E-state index contributed by atoms with van der Waals surface area (Å²) in [5.41, 5.74) is 1.96. The molecule has 2 aromatic carbocycles. The summed E-state index contributed by atoms with van der Waals surface area (Å²) in [6.07, 6.45) is 0. The van der Waals surface area contributed by atoms with E-state index in [0.29, 0.717) is 17.1 Å². The molecule has 1 heterocycles. The van der Waals surface area contributed by atoms with E-state index >= 15 is 0 Å². The van der Waals surface area contributed by atoms with Gasteiger partial charge in [0.2, 0.25) is 0 Å². The smallest absolute Gasteiger partial charge is 0.256 e. The number of carbonyl (C=O) groups excluding carboxylic acids is 1. The van der Waals surface area contributed by atoms with Crippen LogP contribution in [-0.2, 0) is 0 Å². The molecule has 0 unspecified atom stereocenters. The number of nitrogens with one attached hydrogen (secondary N) is 1. The Morgan fingerprint density at radius 2 is 1.78 bits per heavy atom. The van der Waals surface area contributed by atoms with Gasteiger partial charge in [0.15, 0.2) is 0 Å². The summed E-state index contributed by atoms with van der Waals surface area (Å²) < 4.78 is 15.5. The van der Waals surface area contributed by atoms with Crippen LogP contribution in [0.3, 0.4) is 0 Å². The number of rotatable bonds is 3. The Bertz CT molecular complexity index is 841. The molecule has 6 heteroatoms. The molecule has 0 aliphatic heterocycles. The number of hydrogen-bond donors (Lipinski definition) is 1. The maximum absolute atomic E-state index is 13.1. The molecular weight excluding hydrogens is 361 g/mol. The van der Waals surface area contributed by atoms with E-state index < -0.39 is 0 Å². The van der Waals surface area contributed by atoms with Crippen molar-refractivity contribution in [3.05, 3.63) is 76.1 Å². The molecule has 0 spiro atoms. The first kappa shape index (κ1) is 15.4. The lowest BCUT2D eigenvalue weighted by atomic mass is 10.2. The van der Waals surface area contributed by atoms with Crippen LogP contribution in [-0.4, -0.2) is 15.7 Å². The van der Waals surface area contributed by atoms with Crippen molar-refractivity contribution in [2.24, 2.45) is 0 Å². The Balaban J connectivity index is 1.90. The van der Waals surface area contributed by atoms with Gasteiger partial charge in [-0.2, -0.15) is 5.10 Å². The molecule has 0 fully saturated rings. The summed E-state index contributed by atoms with van der Waals surface area (Å²) in [6.45, 7) is 1.83. The lowest BCUT2D eigenvalue weighted by Crippen LogP contribution is -2.15. The highest BCUT2D eigenvalue weighted by Gasteiger charge is 2.12. The fourth-order valence-electron chi connectivity index (χ4n) is 2.16. The molecule has 0 aliphatic carbocycles. The van der Waals surface area contributed by atoms with Crippen molar-refractivity contribution in [2.75, 3.05) is 5.32 Å². The van der Waals surface area contributed by atoms with Gasteiger partial charge >= 0.3 is 0 Å². The number of halogens is 2. The molecule has 1 amide bonds. The van der Waals surface area contributed by atoms with E-state index in [1.807, 2.05) is 6.92 Å². The van der Waals surface area contributed by atoms with Gasteiger partial charge < -0.3 is 5.32 Å². The third kappa shape index (κ3) is 3.48. The van der Waals surface area contributed by atoms with E-state index in [9.17, 15) is 9.18 Å². The molecule has 0 atom stereocenters. The van der Waals surface area contributed by atoms with Crippen LogP contribution in [0.2, 0.25) is 0 Å². The summed E-state index contributed by atoms with van der Waals surface area (Å²) in [6, 6.07) is 14.7. The molecule has 1 N–H and O–H groups in total. The Kier molecular flexibility index (Phi) is 4.25. The van der Waals surface area contributed by atoms with Gasteiger partial charge in [0.05, 0.1) is 11.4 Å². The summed E-state index contributed by atoms with van der Waals surface area (Å²) in [7, 11) is 0. The maximum Gasteiger partial charge on any atom is 0.256 e. The lowest BCUT2D eigenvalue weighted by molar-refractivity contribution is 0.102. The van der Waals surface area contributed by atoms with Crippen LogP contribution in [0.5, 0.6) is 0 Å². The molecule has 0 saturated heterocycles. The highest BCUT2D eigenvalue weighted by molar-refractivity contribution is 9.10. The molecule has 0 radical (unpaired) electrons. The number of hydrogen-bond acceptors (Lipinski definition) is 2. The van der Waals surface area contributed by atoms with Gasteiger partial charge in [-0.25, -0.2) is 9.07 Å². The van der Waals surface area contributed by atoms with Crippen molar-refractivity contribution < 1.29 is 9.18 Å². The molecule has 3 aromatic rings. The van der Waals surface area contributed by atoms with Crippen LogP contribution in [0, 0.1) is 12.7 Å². The third-order valence-electron chi connectivity index (χ3n) is 3.25. The van der Waals surface area contributed by atoms with Crippen LogP contribution >= 0.6 is 15.9 Å². The first-order chi connectivity index (χ1) is 11.0. The average Bonchev–Trinajstić information content (AvgIpc) is 2.89. The number of aryl methyl sites for hydroxylation is 1. The number of anilines is 1. The number of aromatic nitrogens is 2. The van der Waals surface area contributed by atoms with Crippen molar-refractivity contribution in [2.45, 2.75) is 6.92 Å². The Morgan fingerprint density at radius 3 is 2.43 bits per heavy atom. The topological polar surface area (TPSA) is 46.9 Å². The second-order valence-electron chi connectivity index (χ2n) is 5.02. The van der Waals surface area contributed by atoms with Gasteiger partial charge in [-0.15, -0.1) is 0 Å². The number of benzene rings is 2. The van der Waals surface area contributed by atoms with Crippen LogP contribution in [0.15, 0.2) is 59.1 Å². The molecular formula is C17H13BrFN3O. The summed E-state index contributed by atoms with van der Waals surface area (Å²) in [5.74, 6) is -0.0270. The van der Waals surface area contributed by atoms with Crippen LogP contribution < -0.4 is 5.32 Å². The predicted octanol–water partition coefficient (Wildman–Crippen LogP) is 4.33. The zero-order valence-corrected chi connectivity index (χ0v) is 13.8. The van der Waals surface area contributed by atoms with Crippen LogP contribution in [0.1, 0.15) is 16.1 Å². The minimum Gasteiger partial charge on any atom is -0.306 e. The third-order valence-corrected chi connectivity index (χ3v) is 3.78. The molecule has 3 rings (SSSR count). The molecule has 1 aromatic heterocycles. The Hall–Kier alpha value is -2.47. The summed E-state index contributed by atoms with van der Waals surface area (Å²) in [5, 5.41) is 7.18. The molecule has 0 saturated carbocycles. The van der Waals surface area contributed by atoms with Gasteiger partial charge in [-0.3, -0.25) is 4.79 Å². The van der Waals surface area contributed by atoms with Crippen molar-refractivity contribution in [3.63, 3.8) is 0 Å². The standard InChI is InChI=1S/C17H13BrFN3O/c1-11-10-16(20-17(23)12-2-4-13(18)5-3-12)22(21-11)15-8-6-14(19)7-9-15/h2-10H,1H3,(H,20,23). The normalized spacial score (nSPS) is 10.6. The Morgan fingerprint density at radius 1 is 1.13 bits per heavy atom. The van der Waals surface area contributed by atoms with Crippen molar-refractivity contribution >= 4 is 27.7 Å². The fourth-order valence-corrected chi connectivity index (χ4v) is 2.42. The van der Waals surface area contributed by atoms with Crippen molar-refractivity contribution in [1.82, 2.24) is 9.78 Å². The van der Waals surface area contributed by atoms with Crippen LogP contribution in [0.4, 0.5) is 10.2 Å². The first-order valence-electron chi connectivity index (χ1n) is 6.92. The van der Waals surface area contributed by atoms with Gasteiger partial charge in [0.25, 0.3) is 5.91 Å². The maximum atomic E-state index is 13.1. The lowest BCUT2D eigenvalue weighted by Gasteiger charge is -2.09. The second kappa shape index (κ2) is 6.34. The highest BCUT2D eigenvalue weighted by Crippen LogP contribution is 2.19. The van der Waals surface area contributed by atoms with Crippen molar-refractivity contribution in [1.29, 1.82) is 0 Å². The van der Waals surface area contributed by atoms with E-state index in [2.05, 4.69) is 26.3 Å². The SMILES string of the molecule is Cc1cc(NC(=O)c2ccc(Br)cc2)n(-c2ccc(F)cc2)n1. The van der Waals surface area contributed by atoms with Gasteiger partial charge in [-0.1, -0.05) is 15.9 Å². The van der Waals surface area contributed by atoms with Gasteiger partial charge in [0.1, 0.15) is 11.6 Å². The minimum absolute atomic E-state index is 0.235. The fraction of sp³-hybridized carbons (Fsp3) is 0.0588. The minimum atomic E-state index is -0.321. The quantitative estimate of drug-likeness (QED) is 0.742. The van der Waals surface area contributed by atoms with Crippen LogP contribution in [0.25, 0.3) is 5.69 Å². The summed E-state index contributed by atoms with van der Waals surface area (Å²) in [4.78, 5) is 12.3. The van der Waals surface area contributed by atoms with E-state index in [1.54, 1.807) is 47.1 Å². The molecule has 4 nitrogen and oxygen atoms in total. The molecule has 0 bridgehead atoms. The zero-order valence-electron chi connectivity index (χ0n) is 12.3. The second-order valence-corrected chi connectivity index (χ2v) is 5.94. The monoisotopic (exact) mass is 373 g/mol. The highest BCUT2D eigenvalue weighted by atomic mass is 79.9.